The summed E-state index contributed by atoms with van der Waals surface area (Å²) in [5, 5.41) is 18.5. The van der Waals surface area contributed by atoms with Gasteiger partial charge in [-0.1, -0.05) is 20.3 Å². The molecule has 1 heterocycles. The normalized spacial score (nSPS) is 12.2. The Morgan fingerprint density at radius 1 is 1.61 bits per heavy atom. The van der Waals surface area contributed by atoms with Gasteiger partial charge in [-0.3, -0.25) is 9.48 Å². The molecule has 0 fully saturated rings. The lowest BCUT2D eigenvalue weighted by Gasteiger charge is -2.08. The number of hydrogen-bond donors (Lipinski definition) is 3. The second kappa shape index (κ2) is 7.71. The lowest BCUT2D eigenvalue weighted by molar-refractivity contribution is -0.122. The Hall–Kier alpha value is -1.56. The van der Waals surface area contributed by atoms with Crippen LogP contribution >= 0.6 is 0 Å². The number of hydrogen-bond acceptors (Lipinski definition) is 4. The van der Waals surface area contributed by atoms with Crippen LogP contribution in [0.2, 0.25) is 0 Å². The Kier molecular flexibility index (Phi) is 6.21. The largest absolute Gasteiger partial charge is 0.395 e. The smallest absolute Gasteiger partial charge is 0.241 e. The molecule has 3 N–H and O–H groups in total. The van der Waals surface area contributed by atoms with Gasteiger partial charge in [-0.05, 0) is 5.92 Å². The molecular weight excluding hydrogens is 232 g/mol. The summed E-state index contributed by atoms with van der Waals surface area (Å²) in [6.07, 6.45) is 4.65. The molecule has 0 aliphatic rings. The molecule has 1 atom stereocenters. The Morgan fingerprint density at radius 3 is 3.06 bits per heavy atom. The van der Waals surface area contributed by atoms with Crippen LogP contribution < -0.4 is 10.6 Å². The highest BCUT2D eigenvalue weighted by Gasteiger charge is 2.04. The van der Waals surface area contributed by atoms with Crippen LogP contribution in [0.15, 0.2) is 12.4 Å². The Bertz CT molecular complexity index is 365. The quantitative estimate of drug-likeness (QED) is 0.629. The van der Waals surface area contributed by atoms with Crippen molar-refractivity contribution in [3.63, 3.8) is 0 Å². The molecule has 18 heavy (non-hydrogen) atoms. The summed E-state index contributed by atoms with van der Waals surface area (Å²) in [6, 6.07) is 0. The predicted octanol–water partition coefficient (Wildman–Crippen LogP) is 0.450. The number of carbonyl (C=O) groups excluding carboxylic acids is 1. The molecular formula is C12H22N4O2. The van der Waals surface area contributed by atoms with E-state index in [1.165, 1.54) is 0 Å². The van der Waals surface area contributed by atoms with E-state index in [9.17, 15) is 4.79 Å². The van der Waals surface area contributed by atoms with Crippen LogP contribution in [0.5, 0.6) is 0 Å². The number of aliphatic hydroxyl groups excluding tert-OH is 1. The summed E-state index contributed by atoms with van der Waals surface area (Å²) in [5.74, 6) is 0.460. The van der Waals surface area contributed by atoms with Gasteiger partial charge in [0, 0.05) is 19.3 Å². The van der Waals surface area contributed by atoms with Crippen LogP contribution in [-0.2, 0) is 11.3 Å². The number of rotatable bonds is 8. The minimum Gasteiger partial charge on any atom is -0.395 e. The zero-order valence-electron chi connectivity index (χ0n) is 11.0. The van der Waals surface area contributed by atoms with E-state index in [0.717, 1.165) is 18.7 Å². The van der Waals surface area contributed by atoms with Crippen molar-refractivity contribution in [2.24, 2.45) is 5.92 Å². The molecule has 0 bridgehead atoms. The lowest BCUT2D eigenvalue weighted by atomic mass is 10.1. The molecule has 0 radical (unpaired) electrons. The highest BCUT2D eigenvalue weighted by molar-refractivity contribution is 5.75. The first kappa shape index (κ1) is 14.5. The fourth-order valence-electron chi connectivity index (χ4n) is 1.38. The van der Waals surface area contributed by atoms with E-state index in [-0.39, 0.29) is 25.6 Å². The topological polar surface area (TPSA) is 79.2 Å². The first-order valence-electron chi connectivity index (χ1n) is 6.29. The van der Waals surface area contributed by atoms with Crippen LogP contribution in [0.1, 0.15) is 20.3 Å². The highest BCUT2D eigenvalue weighted by atomic mass is 16.3. The fraction of sp³-hybridized carbons (Fsp3) is 0.667. The monoisotopic (exact) mass is 254 g/mol. The third-order valence-corrected chi connectivity index (χ3v) is 2.72. The number of anilines is 1. The summed E-state index contributed by atoms with van der Waals surface area (Å²) in [6.45, 7) is 5.64. The van der Waals surface area contributed by atoms with Gasteiger partial charge in [-0.15, -0.1) is 0 Å². The van der Waals surface area contributed by atoms with Gasteiger partial charge in [-0.2, -0.15) is 5.10 Å². The summed E-state index contributed by atoms with van der Waals surface area (Å²) < 4.78 is 1.58. The minimum absolute atomic E-state index is 0.0490. The van der Waals surface area contributed by atoms with Crippen molar-refractivity contribution in [3.8, 4) is 0 Å². The second-order valence-corrected chi connectivity index (χ2v) is 4.39. The maximum Gasteiger partial charge on any atom is 0.241 e. The Balaban J connectivity index is 2.36. The van der Waals surface area contributed by atoms with Gasteiger partial charge in [0.25, 0.3) is 0 Å². The number of carbonyl (C=O) groups is 1. The molecule has 1 rings (SSSR count). The van der Waals surface area contributed by atoms with Crippen LogP contribution in [0, 0.1) is 5.92 Å². The first-order valence-corrected chi connectivity index (χ1v) is 6.29. The van der Waals surface area contributed by atoms with E-state index in [0.29, 0.717) is 5.92 Å². The van der Waals surface area contributed by atoms with Crippen LogP contribution in [0.3, 0.4) is 0 Å². The molecule has 1 amide bonds. The molecule has 6 nitrogen and oxygen atoms in total. The van der Waals surface area contributed by atoms with E-state index < -0.39 is 0 Å². The van der Waals surface area contributed by atoms with Crippen molar-refractivity contribution in [1.82, 2.24) is 15.1 Å². The van der Waals surface area contributed by atoms with E-state index in [2.05, 4.69) is 29.6 Å². The molecule has 102 valence electrons. The molecule has 0 aliphatic heterocycles. The molecule has 0 saturated carbocycles. The van der Waals surface area contributed by atoms with Gasteiger partial charge in [-0.25, -0.2) is 0 Å². The maximum absolute atomic E-state index is 11.4. The third kappa shape index (κ3) is 5.18. The lowest BCUT2D eigenvalue weighted by Crippen LogP contribution is -2.30. The average Bonchev–Trinajstić information content (AvgIpc) is 2.81. The highest BCUT2D eigenvalue weighted by Crippen LogP contribution is 2.07. The number of aliphatic hydroxyl groups is 1. The Labute approximate surface area is 107 Å². The van der Waals surface area contributed by atoms with Gasteiger partial charge in [0.05, 0.1) is 18.5 Å². The first-order chi connectivity index (χ1) is 8.65. The molecule has 1 unspecified atom stereocenters. The van der Waals surface area contributed by atoms with Crippen molar-refractivity contribution >= 4 is 11.6 Å². The molecule has 0 spiro atoms. The Morgan fingerprint density at radius 2 is 2.39 bits per heavy atom. The summed E-state index contributed by atoms with van der Waals surface area (Å²) >= 11 is 0. The number of aromatic nitrogens is 2. The predicted molar refractivity (Wildman–Crippen MR) is 70.3 cm³/mol. The minimum atomic E-state index is -0.152. The average molecular weight is 254 g/mol. The number of nitrogens with one attached hydrogen (secondary N) is 2. The van der Waals surface area contributed by atoms with E-state index in [4.69, 9.17) is 5.11 Å². The van der Waals surface area contributed by atoms with Gasteiger partial charge in [0.15, 0.2) is 0 Å². The standard InChI is InChI=1S/C12H22N4O2/c1-3-10(2)6-14-11-7-15-16(8-11)9-12(18)13-4-5-17/h7-8,10,14,17H,3-6,9H2,1-2H3,(H,13,18). The van der Waals surface area contributed by atoms with Gasteiger partial charge in [0.1, 0.15) is 6.54 Å². The van der Waals surface area contributed by atoms with E-state index in [1.807, 2.05) is 0 Å². The molecule has 1 aromatic heterocycles. The van der Waals surface area contributed by atoms with Gasteiger partial charge >= 0.3 is 0 Å². The fourth-order valence-corrected chi connectivity index (χ4v) is 1.38. The molecule has 1 aromatic rings. The second-order valence-electron chi connectivity index (χ2n) is 4.39. The van der Waals surface area contributed by atoms with Gasteiger partial charge < -0.3 is 15.7 Å². The van der Waals surface area contributed by atoms with E-state index in [1.54, 1.807) is 17.1 Å². The molecule has 0 saturated heterocycles. The number of nitrogens with zero attached hydrogens (tertiary/aromatic N) is 2. The maximum atomic E-state index is 11.4. The summed E-state index contributed by atoms with van der Waals surface area (Å²) in [4.78, 5) is 11.4. The zero-order chi connectivity index (χ0) is 13.4. The molecule has 0 aromatic carbocycles. The van der Waals surface area contributed by atoms with Crippen molar-refractivity contribution < 1.29 is 9.90 Å². The van der Waals surface area contributed by atoms with Crippen molar-refractivity contribution in [3.05, 3.63) is 12.4 Å². The molecule has 6 heteroatoms. The number of amides is 1. The van der Waals surface area contributed by atoms with Crippen LogP contribution in [0.25, 0.3) is 0 Å². The van der Waals surface area contributed by atoms with Crippen LogP contribution in [-0.4, -0.2) is 40.5 Å². The SMILES string of the molecule is CCC(C)CNc1cnn(CC(=O)NCCO)c1. The summed E-state index contributed by atoms with van der Waals surface area (Å²) in [5.41, 5.74) is 0.922. The molecule has 0 aliphatic carbocycles. The zero-order valence-corrected chi connectivity index (χ0v) is 11.0. The van der Waals surface area contributed by atoms with Crippen molar-refractivity contribution in [1.29, 1.82) is 0 Å². The third-order valence-electron chi connectivity index (χ3n) is 2.72. The van der Waals surface area contributed by atoms with Crippen LogP contribution in [0.4, 0.5) is 5.69 Å². The van der Waals surface area contributed by atoms with Crippen molar-refractivity contribution in [2.45, 2.75) is 26.8 Å². The summed E-state index contributed by atoms with van der Waals surface area (Å²) in [7, 11) is 0. The van der Waals surface area contributed by atoms with Crippen molar-refractivity contribution in [2.75, 3.05) is 25.0 Å². The van der Waals surface area contributed by atoms with E-state index >= 15 is 0 Å². The van der Waals surface area contributed by atoms with Gasteiger partial charge in [0.2, 0.25) is 5.91 Å².